The number of ether oxygens (including phenoxy) is 1. The molecule has 1 amide bonds. The van der Waals surface area contributed by atoms with Crippen molar-refractivity contribution in [2.75, 3.05) is 12.4 Å². The number of amides is 1. The average Bonchev–Trinajstić information content (AvgIpc) is 3.41. The zero-order valence-corrected chi connectivity index (χ0v) is 16.1. The zero-order chi connectivity index (χ0) is 20.2. The van der Waals surface area contributed by atoms with Gasteiger partial charge < -0.3 is 9.26 Å². The molecule has 0 aliphatic rings. The van der Waals surface area contributed by atoms with Gasteiger partial charge in [-0.3, -0.25) is 10.1 Å². The molecule has 0 saturated carbocycles. The Kier molecular flexibility index (Phi) is 5.11. The summed E-state index contributed by atoms with van der Waals surface area (Å²) in [5.74, 6) is 0.155. The number of anilines is 1. The van der Waals surface area contributed by atoms with E-state index in [-0.39, 0.29) is 11.6 Å². The second kappa shape index (κ2) is 8.02. The molecule has 1 N–H and O–H groups in total. The molecule has 0 fully saturated rings. The molecule has 0 unspecified atom stereocenters. The molecular weight excluding hydrogens is 368 g/mol. The first-order valence-electron chi connectivity index (χ1n) is 9.24. The highest BCUT2D eigenvalue weighted by atomic mass is 16.5. The Morgan fingerprint density at radius 2 is 1.90 bits per heavy atom. The summed E-state index contributed by atoms with van der Waals surface area (Å²) in [6.07, 6.45) is 2.63. The van der Waals surface area contributed by atoms with Crippen molar-refractivity contribution in [1.29, 1.82) is 0 Å². The summed E-state index contributed by atoms with van der Waals surface area (Å²) in [5.41, 5.74) is 3.78. The minimum atomic E-state index is -0.444. The van der Waals surface area contributed by atoms with E-state index in [0.29, 0.717) is 11.4 Å². The molecule has 7 heteroatoms. The number of nitrogens with one attached hydrogen (secondary N) is 1. The normalized spacial score (nSPS) is 10.7. The Balaban J connectivity index is 1.54. The van der Waals surface area contributed by atoms with E-state index in [1.54, 1.807) is 16.9 Å². The molecule has 2 aromatic heterocycles. The van der Waals surface area contributed by atoms with E-state index in [4.69, 9.17) is 9.26 Å². The zero-order valence-electron chi connectivity index (χ0n) is 16.1. The maximum Gasteiger partial charge on any atom is 0.282 e. The SMILES string of the molecule is CCc1ccc(-c2cc(NC(=O)c3nn(-c4ccccc4)cc3OC)on2)cc1. The summed E-state index contributed by atoms with van der Waals surface area (Å²) < 4.78 is 12.2. The second-order valence-electron chi connectivity index (χ2n) is 6.41. The van der Waals surface area contributed by atoms with E-state index < -0.39 is 5.91 Å². The number of aromatic nitrogens is 3. The fraction of sp³-hybridized carbons (Fsp3) is 0.136. The van der Waals surface area contributed by atoms with Crippen LogP contribution in [0.3, 0.4) is 0 Å². The Labute approximate surface area is 167 Å². The predicted molar refractivity (Wildman–Crippen MR) is 109 cm³/mol. The van der Waals surface area contributed by atoms with Crippen LogP contribution in [0.5, 0.6) is 5.75 Å². The first kappa shape index (κ1) is 18.5. The van der Waals surface area contributed by atoms with Crippen molar-refractivity contribution in [3.05, 3.63) is 78.1 Å². The van der Waals surface area contributed by atoms with Gasteiger partial charge in [-0.1, -0.05) is 54.5 Å². The molecule has 146 valence electrons. The molecular formula is C22H20N4O3. The van der Waals surface area contributed by atoms with Crippen LogP contribution in [0.25, 0.3) is 16.9 Å². The van der Waals surface area contributed by atoms with E-state index >= 15 is 0 Å². The summed E-state index contributed by atoms with van der Waals surface area (Å²) in [6.45, 7) is 2.10. The lowest BCUT2D eigenvalue weighted by molar-refractivity contribution is 0.101. The van der Waals surface area contributed by atoms with Gasteiger partial charge in [-0.15, -0.1) is 0 Å². The molecule has 0 bridgehead atoms. The quantitative estimate of drug-likeness (QED) is 0.531. The van der Waals surface area contributed by atoms with Gasteiger partial charge in [-0.2, -0.15) is 5.10 Å². The van der Waals surface area contributed by atoms with Gasteiger partial charge in [0, 0.05) is 11.6 Å². The molecule has 0 saturated heterocycles. The highest BCUT2D eigenvalue weighted by Gasteiger charge is 2.20. The Hall–Kier alpha value is -3.87. The fourth-order valence-corrected chi connectivity index (χ4v) is 2.93. The molecule has 0 spiro atoms. The third kappa shape index (κ3) is 3.89. The molecule has 0 radical (unpaired) electrons. The fourth-order valence-electron chi connectivity index (χ4n) is 2.93. The smallest absolute Gasteiger partial charge is 0.282 e. The largest absolute Gasteiger partial charge is 0.493 e. The van der Waals surface area contributed by atoms with Crippen LogP contribution in [-0.4, -0.2) is 28.0 Å². The van der Waals surface area contributed by atoms with Gasteiger partial charge >= 0.3 is 0 Å². The Morgan fingerprint density at radius 1 is 1.14 bits per heavy atom. The number of methoxy groups -OCH3 is 1. The standard InChI is InChI=1S/C22H20N4O3/c1-3-15-9-11-16(12-10-15)18-13-20(29-25-18)23-22(27)21-19(28-2)14-26(24-21)17-7-5-4-6-8-17/h4-14H,3H2,1-2H3,(H,23,27). The van der Waals surface area contributed by atoms with Crippen LogP contribution in [0.15, 0.2) is 71.4 Å². The van der Waals surface area contributed by atoms with Crippen LogP contribution in [0, 0.1) is 0 Å². The molecule has 7 nitrogen and oxygen atoms in total. The average molecular weight is 388 g/mol. The molecule has 4 aromatic rings. The summed E-state index contributed by atoms with van der Waals surface area (Å²) >= 11 is 0. The number of para-hydroxylation sites is 1. The first-order valence-corrected chi connectivity index (χ1v) is 9.24. The van der Waals surface area contributed by atoms with Crippen molar-refractivity contribution < 1.29 is 14.1 Å². The van der Waals surface area contributed by atoms with Crippen molar-refractivity contribution in [1.82, 2.24) is 14.9 Å². The molecule has 29 heavy (non-hydrogen) atoms. The molecule has 2 heterocycles. The van der Waals surface area contributed by atoms with E-state index in [1.807, 2.05) is 54.6 Å². The van der Waals surface area contributed by atoms with Gasteiger partial charge in [0.05, 0.1) is 19.0 Å². The third-order valence-corrected chi connectivity index (χ3v) is 4.54. The number of rotatable bonds is 6. The van der Waals surface area contributed by atoms with Gasteiger partial charge in [0.15, 0.2) is 11.4 Å². The van der Waals surface area contributed by atoms with Crippen molar-refractivity contribution in [2.24, 2.45) is 0 Å². The minimum Gasteiger partial charge on any atom is -0.493 e. The summed E-state index contributed by atoms with van der Waals surface area (Å²) in [5, 5.41) is 11.1. The van der Waals surface area contributed by atoms with E-state index in [2.05, 4.69) is 22.5 Å². The summed E-state index contributed by atoms with van der Waals surface area (Å²) in [7, 11) is 1.50. The number of hydrogen-bond donors (Lipinski definition) is 1. The van der Waals surface area contributed by atoms with Crippen LogP contribution in [-0.2, 0) is 6.42 Å². The van der Waals surface area contributed by atoms with Crippen molar-refractivity contribution in [2.45, 2.75) is 13.3 Å². The third-order valence-electron chi connectivity index (χ3n) is 4.54. The molecule has 0 aliphatic carbocycles. The lowest BCUT2D eigenvalue weighted by Gasteiger charge is -2.00. The molecule has 0 atom stereocenters. The summed E-state index contributed by atoms with van der Waals surface area (Å²) in [4.78, 5) is 12.7. The maximum atomic E-state index is 12.7. The molecule has 4 rings (SSSR count). The van der Waals surface area contributed by atoms with Gasteiger partial charge in [-0.25, -0.2) is 4.68 Å². The number of hydrogen-bond acceptors (Lipinski definition) is 5. The maximum absolute atomic E-state index is 12.7. The van der Waals surface area contributed by atoms with Crippen LogP contribution < -0.4 is 10.1 Å². The van der Waals surface area contributed by atoms with Crippen molar-refractivity contribution in [3.63, 3.8) is 0 Å². The lowest BCUT2D eigenvalue weighted by Crippen LogP contribution is -2.13. The van der Waals surface area contributed by atoms with E-state index in [0.717, 1.165) is 17.7 Å². The number of benzene rings is 2. The van der Waals surface area contributed by atoms with Crippen LogP contribution in [0.1, 0.15) is 23.0 Å². The predicted octanol–water partition coefficient (Wildman–Crippen LogP) is 4.35. The van der Waals surface area contributed by atoms with Crippen LogP contribution >= 0.6 is 0 Å². The van der Waals surface area contributed by atoms with Gasteiger partial charge in [-0.05, 0) is 24.1 Å². The number of carbonyl (C=O) groups excluding carboxylic acids is 1. The lowest BCUT2D eigenvalue weighted by atomic mass is 10.1. The van der Waals surface area contributed by atoms with Gasteiger partial charge in [0.1, 0.15) is 5.69 Å². The first-order chi connectivity index (χ1) is 14.2. The van der Waals surface area contributed by atoms with Crippen molar-refractivity contribution >= 4 is 11.8 Å². The second-order valence-corrected chi connectivity index (χ2v) is 6.41. The van der Waals surface area contributed by atoms with Crippen molar-refractivity contribution in [3.8, 4) is 22.7 Å². The minimum absolute atomic E-state index is 0.154. The Morgan fingerprint density at radius 3 is 2.59 bits per heavy atom. The Bertz CT molecular complexity index is 1110. The topological polar surface area (TPSA) is 82.2 Å². The van der Waals surface area contributed by atoms with Gasteiger partial charge in [0.25, 0.3) is 5.91 Å². The highest BCUT2D eigenvalue weighted by Crippen LogP contribution is 2.24. The number of aryl methyl sites for hydroxylation is 1. The number of nitrogens with zero attached hydrogens (tertiary/aromatic N) is 3. The molecule has 2 aromatic carbocycles. The van der Waals surface area contributed by atoms with Gasteiger partial charge in [0.2, 0.25) is 5.88 Å². The van der Waals surface area contributed by atoms with Crippen LogP contribution in [0.2, 0.25) is 0 Å². The van der Waals surface area contributed by atoms with E-state index in [1.165, 1.54) is 12.7 Å². The van der Waals surface area contributed by atoms with E-state index in [9.17, 15) is 4.79 Å². The monoisotopic (exact) mass is 388 g/mol. The summed E-state index contributed by atoms with van der Waals surface area (Å²) in [6, 6.07) is 19.2. The number of carbonyl (C=O) groups is 1. The molecule has 0 aliphatic heterocycles. The highest BCUT2D eigenvalue weighted by molar-refractivity contribution is 6.04. The van der Waals surface area contributed by atoms with Crippen LogP contribution in [0.4, 0.5) is 5.88 Å².